The van der Waals surface area contributed by atoms with Gasteiger partial charge in [-0.25, -0.2) is 0 Å². The Morgan fingerprint density at radius 2 is 1.38 bits per heavy atom. The van der Waals surface area contributed by atoms with Crippen molar-refractivity contribution in [2.45, 2.75) is 0 Å². The van der Waals surface area contributed by atoms with Crippen molar-refractivity contribution < 1.29 is 4.42 Å². The smallest absolute Gasteiger partial charge is 0.136 e. The summed E-state index contributed by atoms with van der Waals surface area (Å²) in [5, 5.41) is 16.0. The van der Waals surface area contributed by atoms with Gasteiger partial charge in [-0.2, -0.15) is 0 Å². The third kappa shape index (κ3) is 3.30. The minimum absolute atomic E-state index is 0.875. The summed E-state index contributed by atoms with van der Waals surface area (Å²) in [6.45, 7) is 3.91. The summed E-state index contributed by atoms with van der Waals surface area (Å²) < 4.78 is 6.39. The molecule has 0 aliphatic carbocycles. The molecule has 0 spiro atoms. The first kappa shape index (κ1) is 21.3. The predicted molar refractivity (Wildman–Crippen MR) is 158 cm³/mol. The van der Waals surface area contributed by atoms with E-state index in [-0.39, 0.29) is 0 Å². The molecule has 37 heavy (non-hydrogen) atoms. The zero-order valence-electron chi connectivity index (χ0n) is 20.2. The first-order chi connectivity index (χ1) is 18.2. The van der Waals surface area contributed by atoms with Gasteiger partial charge >= 0.3 is 0 Å². The van der Waals surface area contributed by atoms with Crippen LogP contribution in [0.2, 0.25) is 0 Å². The second-order valence-corrected chi connectivity index (χ2v) is 9.37. The lowest BCUT2D eigenvalue weighted by Gasteiger charge is -2.17. The highest BCUT2D eigenvalue weighted by Crippen LogP contribution is 2.44. The average Bonchev–Trinajstić information content (AvgIpc) is 3.39. The number of allylic oxidation sites excluding steroid dienone is 3. The summed E-state index contributed by atoms with van der Waals surface area (Å²) in [6, 6.07) is 36.5. The Hall–Kier alpha value is -4.95. The molecule has 0 aliphatic rings. The fourth-order valence-corrected chi connectivity index (χ4v) is 5.60. The summed E-state index contributed by atoms with van der Waals surface area (Å²) in [5.74, 6) is 0.875. The first-order valence-corrected chi connectivity index (χ1v) is 12.4. The third-order valence-corrected chi connectivity index (χ3v) is 7.35. The minimum Gasteiger partial charge on any atom is -0.456 e. The van der Waals surface area contributed by atoms with Crippen molar-refractivity contribution >= 4 is 55.1 Å². The zero-order valence-corrected chi connectivity index (χ0v) is 20.2. The van der Waals surface area contributed by atoms with Crippen LogP contribution in [-0.4, -0.2) is 6.21 Å². The molecule has 174 valence electrons. The van der Waals surface area contributed by atoms with Gasteiger partial charge in [-0.3, -0.25) is 0 Å². The maximum Gasteiger partial charge on any atom is 0.136 e. The van der Waals surface area contributed by atoms with E-state index in [1.54, 1.807) is 12.2 Å². The molecule has 0 radical (unpaired) electrons. The van der Waals surface area contributed by atoms with Crippen LogP contribution >= 0.6 is 0 Å². The van der Waals surface area contributed by atoms with Crippen molar-refractivity contribution in [3.63, 3.8) is 0 Å². The van der Waals surface area contributed by atoms with Gasteiger partial charge in [0.1, 0.15) is 11.3 Å². The predicted octanol–water partition coefficient (Wildman–Crippen LogP) is 9.88. The molecule has 1 aromatic heterocycles. The number of nitrogens with one attached hydrogen (secondary N) is 1. The summed E-state index contributed by atoms with van der Waals surface area (Å²) >= 11 is 0. The molecule has 0 unspecified atom stereocenters. The van der Waals surface area contributed by atoms with Crippen molar-refractivity contribution in [2.75, 3.05) is 0 Å². The lowest BCUT2D eigenvalue weighted by molar-refractivity contribution is 0.632. The van der Waals surface area contributed by atoms with E-state index >= 15 is 0 Å². The Kier molecular flexibility index (Phi) is 4.80. The van der Waals surface area contributed by atoms with Gasteiger partial charge in [0.25, 0.3) is 0 Å². The normalized spacial score (nSPS) is 12.2. The lowest BCUT2D eigenvalue weighted by Crippen LogP contribution is -1.91. The molecule has 7 aromatic rings. The van der Waals surface area contributed by atoms with Crippen LogP contribution in [0.5, 0.6) is 0 Å². The van der Waals surface area contributed by atoms with E-state index in [0.717, 1.165) is 39.0 Å². The van der Waals surface area contributed by atoms with Crippen LogP contribution in [-0.2, 0) is 0 Å². The second kappa shape index (κ2) is 8.32. The van der Waals surface area contributed by atoms with Gasteiger partial charge < -0.3 is 9.83 Å². The number of hydrogen-bond donors (Lipinski definition) is 1. The zero-order chi connectivity index (χ0) is 24.9. The van der Waals surface area contributed by atoms with Crippen LogP contribution in [0.15, 0.2) is 126 Å². The van der Waals surface area contributed by atoms with Crippen LogP contribution < -0.4 is 0 Å². The summed E-state index contributed by atoms with van der Waals surface area (Å²) in [7, 11) is 0. The highest BCUT2D eigenvalue weighted by Gasteiger charge is 2.18. The number of hydrogen-bond acceptors (Lipinski definition) is 2. The Balaban J connectivity index is 1.55. The van der Waals surface area contributed by atoms with Gasteiger partial charge in [0.2, 0.25) is 0 Å². The molecule has 0 saturated heterocycles. The molecule has 1 heterocycles. The van der Waals surface area contributed by atoms with Gasteiger partial charge in [-0.05, 0) is 78.9 Å². The maximum atomic E-state index is 7.44. The number of fused-ring (bicyclic) bond motifs is 1. The Labute approximate surface area is 214 Å². The van der Waals surface area contributed by atoms with Crippen LogP contribution in [0.1, 0.15) is 5.56 Å². The van der Waals surface area contributed by atoms with E-state index in [1.807, 2.05) is 18.2 Å². The van der Waals surface area contributed by atoms with Gasteiger partial charge in [0, 0.05) is 17.2 Å². The number of para-hydroxylation sites is 1. The van der Waals surface area contributed by atoms with Crippen molar-refractivity contribution in [1.82, 2.24) is 0 Å². The largest absolute Gasteiger partial charge is 0.456 e. The van der Waals surface area contributed by atoms with Gasteiger partial charge in [0.15, 0.2) is 0 Å². The van der Waals surface area contributed by atoms with E-state index < -0.39 is 0 Å². The summed E-state index contributed by atoms with van der Waals surface area (Å²) in [4.78, 5) is 0. The topological polar surface area (TPSA) is 37.0 Å². The highest BCUT2D eigenvalue weighted by molar-refractivity contribution is 6.28. The molecule has 0 aliphatic heterocycles. The van der Waals surface area contributed by atoms with Crippen LogP contribution in [0.25, 0.3) is 71.3 Å². The summed E-state index contributed by atoms with van der Waals surface area (Å²) in [5.41, 5.74) is 6.26. The van der Waals surface area contributed by atoms with Crippen molar-refractivity contribution in [3.8, 4) is 22.5 Å². The van der Waals surface area contributed by atoms with Crippen molar-refractivity contribution in [3.05, 3.63) is 127 Å². The van der Waals surface area contributed by atoms with Crippen molar-refractivity contribution in [1.29, 1.82) is 5.41 Å². The van der Waals surface area contributed by atoms with E-state index in [0.29, 0.717) is 0 Å². The molecule has 0 fully saturated rings. The summed E-state index contributed by atoms with van der Waals surface area (Å²) in [6.07, 6.45) is 4.85. The maximum absolute atomic E-state index is 7.44. The molecule has 6 aromatic carbocycles. The monoisotopic (exact) mass is 473 g/mol. The number of benzene rings is 6. The Morgan fingerprint density at radius 1 is 0.676 bits per heavy atom. The van der Waals surface area contributed by atoms with Crippen LogP contribution in [0.4, 0.5) is 0 Å². The van der Waals surface area contributed by atoms with Gasteiger partial charge in [-0.15, -0.1) is 0 Å². The molecule has 0 bridgehead atoms. The molecule has 2 nitrogen and oxygen atoms in total. The first-order valence-electron chi connectivity index (χ1n) is 12.4. The molecule has 2 heteroatoms. The lowest BCUT2D eigenvalue weighted by atomic mass is 9.86. The second-order valence-electron chi connectivity index (χ2n) is 9.37. The minimum atomic E-state index is 0.875. The molecule has 0 amide bonds. The molecule has 1 N–H and O–H groups in total. The molecular weight excluding hydrogens is 450 g/mol. The third-order valence-electron chi connectivity index (χ3n) is 7.35. The standard InChI is InChI=1S/C35H23NO/c1-2-22(18-19-36)23-10-12-24(13-11-23)30-21-31(33-20-27-6-3-4-9-32(27)37-33)29-17-15-26-8-5-7-25-14-16-28(30)35(29)34(25)26/h2-21,36H,1H2/b22-18+,36-19?. The fraction of sp³-hybridized carbons (Fsp3) is 0. The van der Waals surface area contributed by atoms with E-state index in [2.05, 4.69) is 91.5 Å². The highest BCUT2D eigenvalue weighted by atomic mass is 16.3. The fourth-order valence-electron chi connectivity index (χ4n) is 5.60. The number of furan rings is 1. The molecule has 0 atom stereocenters. The Morgan fingerprint density at radius 3 is 2.08 bits per heavy atom. The van der Waals surface area contributed by atoms with Gasteiger partial charge in [0.05, 0.1) is 0 Å². The molecular formula is C35H23NO. The van der Waals surface area contributed by atoms with E-state index in [9.17, 15) is 0 Å². The SMILES string of the molecule is C=C/C(=C\C=N)c1ccc(-c2cc(-c3cc4ccccc4o3)c3ccc4cccc5ccc2c3c54)cc1. The Bertz CT molecular complexity index is 1960. The quantitative estimate of drug-likeness (QED) is 0.151. The molecule has 7 rings (SSSR count). The van der Waals surface area contributed by atoms with Crippen LogP contribution in [0.3, 0.4) is 0 Å². The number of rotatable bonds is 5. The average molecular weight is 474 g/mol. The molecule has 0 saturated carbocycles. The van der Waals surface area contributed by atoms with Crippen molar-refractivity contribution in [2.24, 2.45) is 0 Å². The van der Waals surface area contributed by atoms with Crippen LogP contribution in [0, 0.1) is 5.41 Å². The van der Waals surface area contributed by atoms with E-state index in [1.165, 1.54) is 44.1 Å². The van der Waals surface area contributed by atoms with E-state index in [4.69, 9.17) is 9.83 Å². The van der Waals surface area contributed by atoms with Gasteiger partial charge in [-0.1, -0.05) is 97.6 Å².